The monoisotopic (exact) mass is 265 g/mol. The van der Waals surface area contributed by atoms with Gasteiger partial charge in [0.1, 0.15) is 5.03 Å². The highest BCUT2D eigenvalue weighted by molar-refractivity contribution is 7.99. The van der Waals surface area contributed by atoms with Gasteiger partial charge in [0.15, 0.2) is 5.16 Å². The standard InChI is InChI=1S/C11H15N5OS/c1-3-16-10(17)14-15-11(16)18-9-8(7-12-2)5-4-6-13-9/h4-6,12H,3,7H2,1-2H3,(H,14,17). The molecule has 0 atom stereocenters. The van der Waals surface area contributed by atoms with E-state index in [1.165, 1.54) is 11.8 Å². The van der Waals surface area contributed by atoms with Crippen molar-refractivity contribution in [3.05, 3.63) is 34.4 Å². The van der Waals surface area contributed by atoms with Crippen molar-refractivity contribution in [2.24, 2.45) is 0 Å². The van der Waals surface area contributed by atoms with Crippen molar-refractivity contribution < 1.29 is 0 Å². The van der Waals surface area contributed by atoms with Crippen LogP contribution in [0.3, 0.4) is 0 Å². The predicted octanol–water partition coefficient (Wildman–Crippen LogP) is 0.857. The molecule has 2 N–H and O–H groups in total. The number of hydrogen-bond donors (Lipinski definition) is 2. The Balaban J connectivity index is 2.31. The van der Waals surface area contributed by atoms with Crippen molar-refractivity contribution in [2.45, 2.75) is 30.2 Å². The molecule has 0 spiro atoms. The highest BCUT2D eigenvalue weighted by atomic mass is 32.2. The quantitative estimate of drug-likeness (QED) is 0.838. The molecule has 2 heterocycles. The molecular weight excluding hydrogens is 250 g/mol. The molecule has 0 amide bonds. The van der Waals surface area contributed by atoms with E-state index in [0.717, 1.165) is 17.1 Å². The van der Waals surface area contributed by atoms with Gasteiger partial charge in [-0.05, 0) is 37.4 Å². The van der Waals surface area contributed by atoms with Gasteiger partial charge in [-0.3, -0.25) is 4.57 Å². The lowest BCUT2D eigenvalue weighted by molar-refractivity contribution is 0.659. The van der Waals surface area contributed by atoms with Crippen LogP contribution in [0.2, 0.25) is 0 Å². The molecule has 18 heavy (non-hydrogen) atoms. The van der Waals surface area contributed by atoms with Gasteiger partial charge in [-0.25, -0.2) is 14.9 Å². The highest BCUT2D eigenvalue weighted by Crippen LogP contribution is 2.25. The maximum absolute atomic E-state index is 11.5. The number of nitrogens with one attached hydrogen (secondary N) is 2. The summed E-state index contributed by atoms with van der Waals surface area (Å²) in [7, 11) is 1.89. The van der Waals surface area contributed by atoms with Gasteiger partial charge in [0.2, 0.25) is 0 Å². The number of hydrogen-bond acceptors (Lipinski definition) is 5. The number of pyridine rings is 1. The summed E-state index contributed by atoms with van der Waals surface area (Å²) in [6, 6.07) is 3.90. The van der Waals surface area contributed by atoms with Crippen molar-refractivity contribution >= 4 is 11.8 Å². The summed E-state index contributed by atoms with van der Waals surface area (Å²) in [5.41, 5.74) is 0.897. The Hall–Kier alpha value is -1.60. The van der Waals surface area contributed by atoms with Crippen LogP contribution in [0, 0.1) is 0 Å². The Kier molecular flexibility index (Phi) is 4.16. The zero-order valence-electron chi connectivity index (χ0n) is 10.3. The first kappa shape index (κ1) is 12.8. The van der Waals surface area contributed by atoms with E-state index in [4.69, 9.17) is 0 Å². The van der Waals surface area contributed by atoms with Crippen LogP contribution < -0.4 is 11.0 Å². The van der Waals surface area contributed by atoms with Crippen LogP contribution in [0.4, 0.5) is 0 Å². The summed E-state index contributed by atoms with van der Waals surface area (Å²) in [6.45, 7) is 3.23. The summed E-state index contributed by atoms with van der Waals surface area (Å²) >= 11 is 1.40. The van der Waals surface area contributed by atoms with Crippen LogP contribution in [-0.4, -0.2) is 26.8 Å². The number of rotatable bonds is 5. The molecule has 0 aliphatic carbocycles. The number of aromatic nitrogens is 4. The van der Waals surface area contributed by atoms with Gasteiger partial charge in [-0.15, -0.1) is 5.10 Å². The lowest BCUT2D eigenvalue weighted by Gasteiger charge is -2.06. The molecule has 6 nitrogen and oxygen atoms in total. The van der Waals surface area contributed by atoms with Crippen LogP contribution in [-0.2, 0) is 13.1 Å². The molecule has 0 saturated heterocycles. The summed E-state index contributed by atoms with van der Waals surface area (Å²) in [6.07, 6.45) is 1.74. The van der Waals surface area contributed by atoms with Crippen LogP contribution in [0.5, 0.6) is 0 Å². The maximum Gasteiger partial charge on any atom is 0.343 e. The lowest BCUT2D eigenvalue weighted by atomic mass is 10.3. The number of nitrogens with zero attached hydrogens (tertiary/aromatic N) is 3. The third-order valence-corrected chi connectivity index (χ3v) is 3.50. The van der Waals surface area contributed by atoms with Crippen LogP contribution in [0.15, 0.2) is 33.3 Å². The van der Waals surface area contributed by atoms with Gasteiger partial charge in [-0.2, -0.15) is 0 Å². The minimum atomic E-state index is -0.189. The molecule has 96 valence electrons. The first-order chi connectivity index (χ1) is 8.76. The summed E-state index contributed by atoms with van der Waals surface area (Å²) in [5.74, 6) is 0. The summed E-state index contributed by atoms with van der Waals surface area (Å²) in [4.78, 5) is 15.8. The SMILES string of the molecule is CCn1c(Sc2ncccc2CNC)n[nH]c1=O. The average molecular weight is 265 g/mol. The zero-order chi connectivity index (χ0) is 13.0. The van der Waals surface area contributed by atoms with Crippen LogP contribution in [0.25, 0.3) is 0 Å². The largest absolute Gasteiger partial charge is 0.343 e. The molecule has 0 aromatic carbocycles. The third kappa shape index (κ3) is 2.62. The van der Waals surface area contributed by atoms with Gasteiger partial charge < -0.3 is 5.32 Å². The number of aromatic amines is 1. The highest BCUT2D eigenvalue weighted by Gasteiger charge is 2.11. The molecule has 0 fully saturated rings. The normalized spacial score (nSPS) is 10.8. The van der Waals surface area contributed by atoms with E-state index in [9.17, 15) is 4.79 Å². The molecule has 0 saturated carbocycles. The van der Waals surface area contributed by atoms with E-state index < -0.39 is 0 Å². The minimum Gasteiger partial charge on any atom is -0.316 e. The van der Waals surface area contributed by atoms with Gasteiger partial charge in [0, 0.05) is 19.3 Å². The Bertz CT molecular complexity index is 577. The summed E-state index contributed by atoms with van der Waals surface area (Å²) in [5, 5.41) is 11.1. The zero-order valence-corrected chi connectivity index (χ0v) is 11.1. The second-order valence-electron chi connectivity index (χ2n) is 3.66. The lowest BCUT2D eigenvalue weighted by Crippen LogP contribution is -2.16. The average Bonchev–Trinajstić information content (AvgIpc) is 2.72. The third-order valence-electron chi connectivity index (χ3n) is 2.44. The molecule has 0 unspecified atom stereocenters. The Morgan fingerprint density at radius 1 is 1.56 bits per heavy atom. The topological polar surface area (TPSA) is 75.6 Å². The first-order valence-corrected chi connectivity index (χ1v) is 6.49. The van der Waals surface area contributed by atoms with Crippen molar-refractivity contribution in [3.63, 3.8) is 0 Å². The van der Waals surface area contributed by atoms with E-state index in [1.54, 1.807) is 10.8 Å². The molecule has 0 bridgehead atoms. The number of H-pyrrole nitrogens is 1. The minimum absolute atomic E-state index is 0.189. The van der Waals surface area contributed by atoms with Gasteiger partial charge in [-0.1, -0.05) is 6.07 Å². The Morgan fingerprint density at radius 2 is 2.39 bits per heavy atom. The van der Waals surface area contributed by atoms with Crippen molar-refractivity contribution in [1.82, 2.24) is 25.1 Å². The molecule has 2 aromatic rings. The van der Waals surface area contributed by atoms with E-state index in [-0.39, 0.29) is 5.69 Å². The molecule has 0 radical (unpaired) electrons. The fourth-order valence-corrected chi connectivity index (χ4v) is 2.56. The molecule has 0 aliphatic rings. The Morgan fingerprint density at radius 3 is 3.11 bits per heavy atom. The van der Waals surface area contributed by atoms with Crippen molar-refractivity contribution in [3.8, 4) is 0 Å². The van der Waals surface area contributed by atoms with E-state index >= 15 is 0 Å². The van der Waals surface area contributed by atoms with Gasteiger partial charge in [0.25, 0.3) is 0 Å². The second kappa shape index (κ2) is 5.83. The molecule has 0 aliphatic heterocycles. The van der Waals surface area contributed by atoms with E-state index in [2.05, 4.69) is 20.5 Å². The van der Waals surface area contributed by atoms with Crippen LogP contribution >= 0.6 is 11.8 Å². The predicted molar refractivity (Wildman–Crippen MR) is 69.6 cm³/mol. The summed E-state index contributed by atoms with van der Waals surface area (Å²) < 4.78 is 1.59. The van der Waals surface area contributed by atoms with Gasteiger partial charge in [0.05, 0.1) is 0 Å². The molecular formula is C11H15N5OS. The van der Waals surface area contributed by atoms with E-state index in [1.807, 2.05) is 26.1 Å². The Labute approximate surface area is 109 Å². The van der Waals surface area contributed by atoms with Gasteiger partial charge >= 0.3 is 5.69 Å². The molecule has 7 heteroatoms. The fraction of sp³-hybridized carbons (Fsp3) is 0.364. The van der Waals surface area contributed by atoms with Crippen LogP contribution in [0.1, 0.15) is 12.5 Å². The van der Waals surface area contributed by atoms with E-state index in [0.29, 0.717) is 11.7 Å². The molecule has 2 aromatic heterocycles. The first-order valence-electron chi connectivity index (χ1n) is 5.67. The van der Waals surface area contributed by atoms with Crippen molar-refractivity contribution in [2.75, 3.05) is 7.05 Å². The smallest absolute Gasteiger partial charge is 0.316 e. The van der Waals surface area contributed by atoms with Crippen molar-refractivity contribution in [1.29, 1.82) is 0 Å². The maximum atomic E-state index is 11.5. The molecule has 2 rings (SSSR count). The second-order valence-corrected chi connectivity index (χ2v) is 4.61. The fourth-order valence-electron chi connectivity index (χ4n) is 1.59.